The molecular formula is C34H52O6. The minimum atomic E-state index is -0.666. The van der Waals surface area contributed by atoms with Gasteiger partial charge in [0.25, 0.3) is 0 Å². The maximum absolute atomic E-state index is 12.2. The average Bonchev–Trinajstić information content (AvgIpc) is 2.88. The van der Waals surface area contributed by atoms with Crippen molar-refractivity contribution in [2.24, 2.45) is 0 Å². The first-order chi connectivity index (χ1) is 19.1. The van der Waals surface area contributed by atoms with Gasteiger partial charge in [-0.25, -0.2) is 0 Å². The van der Waals surface area contributed by atoms with Crippen LogP contribution in [0.2, 0.25) is 0 Å². The summed E-state index contributed by atoms with van der Waals surface area (Å²) in [6.07, 6.45) is 21.4. The third-order valence-corrected chi connectivity index (χ3v) is 5.91. The van der Waals surface area contributed by atoms with Crippen LogP contribution in [0.3, 0.4) is 0 Å². The standard InChI is InChI=1S/C34H52O6/c1-7-8-9-10-11-12-13-14-15-16-17-18-22-34(37)38-26-25-32(27-39-30(5)35)33(40-31(6)36)24-23-29(4)21-19-20-28(2)3/h12-13,20,23,25,33H,7-11,14-18,22,24,26-27H2,1-6H3/b13-12+,29-23+,32-25+. The average molecular weight is 557 g/mol. The number of hydrogen-bond acceptors (Lipinski definition) is 6. The van der Waals surface area contributed by atoms with E-state index in [2.05, 4.69) is 30.9 Å². The predicted octanol–water partition coefficient (Wildman–Crippen LogP) is 8.12. The van der Waals surface area contributed by atoms with Crippen molar-refractivity contribution >= 4 is 17.9 Å². The van der Waals surface area contributed by atoms with Gasteiger partial charge in [0.2, 0.25) is 0 Å². The van der Waals surface area contributed by atoms with E-state index in [-0.39, 0.29) is 19.2 Å². The maximum Gasteiger partial charge on any atom is 0.306 e. The topological polar surface area (TPSA) is 78.9 Å². The second-order valence-electron chi connectivity index (χ2n) is 10.2. The molecule has 0 fully saturated rings. The first-order valence-corrected chi connectivity index (χ1v) is 14.8. The van der Waals surface area contributed by atoms with Gasteiger partial charge in [0.05, 0.1) is 0 Å². The van der Waals surface area contributed by atoms with Crippen molar-refractivity contribution < 1.29 is 28.6 Å². The molecule has 6 heteroatoms. The molecule has 0 N–H and O–H groups in total. The molecule has 0 aromatic heterocycles. The molecule has 1 unspecified atom stereocenters. The number of ether oxygens (including phenoxy) is 3. The van der Waals surface area contributed by atoms with E-state index in [9.17, 15) is 14.4 Å². The zero-order valence-corrected chi connectivity index (χ0v) is 25.8. The Labute approximate surface area is 243 Å². The lowest BCUT2D eigenvalue weighted by molar-refractivity contribution is -0.146. The second kappa shape index (κ2) is 24.9. The Hall–Kier alpha value is -3.07. The van der Waals surface area contributed by atoms with Crippen molar-refractivity contribution in [1.82, 2.24) is 0 Å². The predicted molar refractivity (Wildman–Crippen MR) is 162 cm³/mol. The SMILES string of the molecule is CCCCCC/C=C/CCCCCCC(=O)OC/C=C(\COC(C)=O)C(C/C=C(\C)C#CC=C(C)C)OC(C)=O. The third-order valence-electron chi connectivity index (χ3n) is 5.91. The molecule has 6 nitrogen and oxygen atoms in total. The van der Waals surface area contributed by atoms with E-state index < -0.39 is 18.0 Å². The number of carbonyl (C=O) groups excluding carboxylic acids is 3. The van der Waals surface area contributed by atoms with E-state index >= 15 is 0 Å². The van der Waals surface area contributed by atoms with Gasteiger partial charge < -0.3 is 14.2 Å². The van der Waals surface area contributed by atoms with Gasteiger partial charge in [-0.15, -0.1) is 0 Å². The molecule has 40 heavy (non-hydrogen) atoms. The smallest absolute Gasteiger partial charge is 0.306 e. The van der Waals surface area contributed by atoms with Crippen LogP contribution in [-0.2, 0) is 28.6 Å². The molecule has 224 valence electrons. The van der Waals surface area contributed by atoms with Crippen molar-refractivity contribution in [2.45, 2.75) is 125 Å². The molecule has 0 spiro atoms. The fourth-order valence-corrected chi connectivity index (χ4v) is 3.70. The second-order valence-corrected chi connectivity index (χ2v) is 10.2. The van der Waals surface area contributed by atoms with Crippen LogP contribution < -0.4 is 0 Å². The molecule has 0 aliphatic heterocycles. The molecule has 0 aromatic rings. The summed E-state index contributed by atoms with van der Waals surface area (Å²) in [5.41, 5.74) is 2.49. The summed E-state index contributed by atoms with van der Waals surface area (Å²) in [5.74, 6) is 4.83. The summed E-state index contributed by atoms with van der Waals surface area (Å²) in [5, 5.41) is 0. The zero-order chi connectivity index (χ0) is 30.0. The number of esters is 3. The Kier molecular flexibility index (Phi) is 23.0. The number of unbranched alkanes of at least 4 members (excludes halogenated alkanes) is 8. The maximum atomic E-state index is 12.2. The van der Waals surface area contributed by atoms with Crippen LogP contribution in [0.25, 0.3) is 0 Å². The molecule has 0 heterocycles. The van der Waals surface area contributed by atoms with Crippen molar-refractivity contribution in [3.05, 3.63) is 47.1 Å². The van der Waals surface area contributed by atoms with Crippen molar-refractivity contribution in [3.63, 3.8) is 0 Å². The van der Waals surface area contributed by atoms with Crippen molar-refractivity contribution in [2.75, 3.05) is 13.2 Å². The summed E-state index contributed by atoms with van der Waals surface area (Å²) in [6.45, 7) is 10.6. The highest BCUT2D eigenvalue weighted by molar-refractivity contribution is 5.69. The van der Waals surface area contributed by atoms with Gasteiger partial charge in [-0.2, -0.15) is 0 Å². The molecular weight excluding hydrogens is 504 g/mol. The largest absolute Gasteiger partial charge is 0.461 e. The number of hydrogen-bond donors (Lipinski definition) is 0. The lowest BCUT2D eigenvalue weighted by Gasteiger charge is -2.19. The highest BCUT2D eigenvalue weighted by Crippen LogP contribution is 2.15. The molecule has 1 atom stereocenters. The van der Waals surface area contributed by atoms with Crippen molar-refractivity contribution in [1.29, 1.82) is 0 Å². The lowest BCUT2D eigenvalue weighted by atomic mass is 10.1. The minimum Gasteiger partial charge on any atom is -0.461 e. The van der Waals surface area contributed by atoms with Crippen LogP contribution in [0, 0.1) is 11.8 Å². The van der Waals surface area contributed by atoms with Crippen LogP contribution in [0.5, 0.6) is 0 Å². The Bertz CT molecular complexity index is 922. The van der Waals surface area contributed by atoms with E-state index in [1.54, 1.807) is 6.08 Å². The number of rotatable bonds is 20. The van der Waals surface area contributed by atoms with Crippen LogP contribution in [0.1, 0.15) is 119 Å². The molecule has 0 aliphatic carbocycles. The number of carbonyl (C=O) groups is 3. The third kappa shape index (κ3) is 24.0. The monoisotopic (exact) mass is 556 g/mol. The molecule has 0 amide bonds. The molecule has 0 aromatic carbocycles. The molecule has 0 saturated carbocycles. The first kappa shape index (κ1) is 36.9. The summed E-state index contributed by atoms with van der Waals surface area (Å²) >= 11 is 0. The number of allylic oxidation sites excluding steroid dienone is 5. The molecule has 0 rings (SSSR count). The Morgan fingerprint density at radius 1 is 0.775 bits per heavy atom. The van der Waals surface area contributed by atoms with Gasteiger partial charge in [-0.1, -0.05) is 74.7 Å². The lowest BCUT2D eigenvalue weighted by Crippen LogP contribution is -2.23. The van der Waals surface area contributed by atoms with Gasteiger partial charge in [-0.05, 0) is 70.6 Å². The molecule has 0 bridgehead atoms. The highest BCUT2D eigenvalue weighted by Gasteiger charge is 2.18. The van der Waals surface area contributed by atoms with Crippen LogP contribution >= 0.6 is 0 Å². The van der Waals surface area contributed by atoms with E-state index in [4.69, 9.17) is 14.2 Å². The zero-order valence-electron chi connectivity index (χ0n) is 25.8. The fraction of sp³-hybridized carbons (Fsp3) is 0.618. The van der Waals surface area contributed by atoms with Gasteiger partial charge in [0.1, 0.15) is 19.3 Å². The summed E-state index contributed by atoms with van der Waals surface area (Å²) in [4.78, 5) is 35.4. The van der Waals surface area contributed by atoms with Crippen LogP contribution in [-0.4, -0.2) is 37.2 Å². The van der Waals surface area contributed by atoms with E-state index in [1.807, 2.05) is 32.9 Å². The fourth-order valence-electron chi connectivity index (χ4n) is 3.70. The van der Waals surface area contributed by atoms with E-state index in [0.29, 0.717) is 18.4 Å². The molecule has 0 aliphatic rings. The van der Waals surface area contributed by atoms with Gasteiger partial charge in [0, 0.05) is 32.3 Å². The Balaban J connectivity index is 4.75. The van der Waals surface area contributed by atoms with Gasteiger partial charge in [0.15, 0.2) is 0 Å². The first-order valence-electron chi connectivity index (χ1n) is 14.8. The quantitative estimate of drug-likeness (QED) is 0.0495. The Morgan fingerprint density at radius 3 is 2.02 bits per heavy atom. The van der Waals surface area contributed by atoms with Crippen LogP contribution in [0.15, 0.2) is 47.1 Å². The normalized spacial score (nSPS) is 12.3. The molecule has 0 radical (unpaired) electrons. The highest BCUT2D eigenvalue weighted by atomic mass is 16.6. The van der Waals surface area contributed by atoms with Gasteiger partial charge >= 0.3 is 17.9 Å². The summed E-state index contributed by atoms with van der Waals surface area (Å²) in [7, 11) is 0. The van der Waals surface area contributed by atoms with E-state index in [0.717, 1.165) is 43.3 Å². The van der Waals surface area contributed by atoms with E-state index in [1.165, 1.54) is 46.0 Å². The summed E-state index contributed by atoms with van der Waals surface area (Å²) < 4.78 is 16.1. The Morgan fingerprint density at radius 2 is 1.43 bits per heavy atom. The van der Waals surface area contributed by atoms with Gasteiger partial charge in [-0.3, -0.25) is 14.4 Å². The minimum absolute atomic E-state index is 0.0132. The molecule has 0 saturated heterocycles. The van der Waals surface area contributed by atoms with Crippen LogP contribution in [0.4, 0.5) is 0 Å². The van der Waals surface area contributed by atoms with Crippen molar-refractivity contribution in [3.8, 4) is 11.8 Å². The summed E-state index contributed by atoms with van der Waals surface area (Å²) in [6, 6.07) is 0.